The topological polar surface area (TPSA) is 40.5 Å². The highest BCUT2D eigenvalue weighted by atomic mass is 16.3. The highest BCUT2D eigenvalue weighted by molar-refractivity contribution is 4.85. The van der Waals surface area contributed by atoms with Gasteiger partial charge in [-0.05, 0) is 25.2 Å². The van der Waals surface area contributed by atoms with Gasteiger partial charge in [-0.2, -0.15) is 0 Å². The first-order valence-electron chi connectivity index (χ1n) is 5.61. The molecule has 2 unspecified atom stereocenters. The van der Waals surface area contributed by atoms with Gasteiger partial charge in [-0.15, -0.1) is 0 Å². The van der Waals surface area contributed by atoms with Gasteiger partial charge in [0.15, 0.2) is 0 Å². The number of aliphatic hydroxyl groups is 2. The molecule has 1 aliphatic carbocycles. The van der Waals surface area contributed by atoms with Crippen LogP contribution in [0.25, 0.3) is 0 Å². The molecule has 2 atom stereocenters. The first kappa shape index (κ1) is 11.0. The van der Waals surface area contributed by atoms with Crippen LogP contribution in [0.3, 0.4) is 0 Å². The van der Waals surface area contributed by atoms with Gasteiger partial charge in [0.1, 0.15) is 0 Å². The highest BCUT2D eigenvalue weighted by Gasteiger charge is 2.33. The summed E-state index contributed by atoms with van der Waals surface area (Å²) in [6.07, 6.45) is 6.78. The molecule has 0 saturated heterocycles. The van der Waals surface area contributed by atoms with E-state index in [4.69, 9.17) is 0 Å². The normalized spacial score (nSPS) is 21.5. The Morgan fingerprint density at radius 1 is 1.15 bits per heavy atom. The molecule has 0 amide bonds. The van der Waals surface area contributed by atoms with Crippen LogP contribution < -0.4 is 0 Å². The summed E-state index contributed by atoms with van der Waals surface area (Å²) in [7, 11) is 0. The Bertz CT molecular complexity index is 132. The fraction of sp³-hybridized carbons (Fsp3) is 1.00. The second-order valence-electron chi connectivity index (χ2n) is 4.24. The third-order valence-corrected chi connectivity index (χ3v) is 2.85. The first-order valence-corrected chi connectivity index (χ1v) is 5.61. The van der Waals surface area contributed by atoms with Crippen LogP contribution >= 0.6 is 0 Å². The number of unbranched alkanes of at least 4 members (excludes halogenated alkanes) is 3. The standard InChI is InChI=1S/C11H22O2/c1-2-3-4-5-6-10(12)11(13)9-7-8-9/h9-13H,2-8H2,1H3. The van der Waals surface area contributed by atoms with Crippen molar-refractivity contribution in [1.82, 2.24) is 0 Å². The van der Waals surface area contributed by atoms with Gasteiger partial charge in [0.2, 0.25) is 0 Å². The molecular weight excluding hydrogens is 164 g/mol. The molecule has 0 aliphatic heterocycles. The fourth-order valence-electron chi connectivity index (χ4n) is 1.70. The molecule has 0 aromatic heterocycles. The molecule has 0 aromatic carbocycles. The average Bonchev–Trinajstić information content (AvgIpc) is 2.94. The molecule has 0 spiro atoms. The van der Waals surface area contributed by atoms with Crippen molar-refractivity contribution in [3.05, 3.63) is 0 Å². The molecule has 0 radical (unpaired) electrons. The van der Waals surface area contributed by atoms with Crippen molar-refractivity contribution in [3.63, 3.8) is 0 Å². The number of hydrogen-bond acceptors (Lipinski definition) is 2. The number of rotatable bonds is 7. The molecular formula is C11H22O2. The van der Waals surface area contributed by atoms with E-state index in [1.165, 1.54) is 19.3 Å². The van der Waals surface area contributed by atoms with Gasteiger partial charge in [-0.1, -0.05) is 32.6 Å². The second-order valence-corrected chi connectivity index (χ2v) is 4.24. The fourth-order valence-corrected chi connectivity index (χ4v) is 1.70. The summed E-state index contributed by atoms with van der Waals surface area (Å²) >= 11 is 0. The summed E-state index contributed by atoms with van der Waals surface area (Å²) in [5.41, 5.74) is 0. The Kier molecular flexibility index (Phi) is 4.74. The molecule has 0 bridgehead atoms. The lowest BCUT2D eigenvalue weighted by Crippen LogP contribution is -2.27. The largest absolute Gasteiger partial charge is 0.390 e. The van der Waals surface area contributed by atoms with E-state index in [1.807, 2.05) is 0 Å². The van der Waals surface area contributed by atoms with Gasteiger partial charge in [0, 0.05) is 0 Å². The molecule has 1 rings (SSSR count). The van der Waals surface area contributed by atoms with Crippen molar-refractivity contribution in [2.24, 2.45) is 5.92 Å². The number of hydrogen-bond donors (Lipinski definition) is 2. The Labute approximate surface area is 81.0 Å². The van der Waals surface area contributed by atoms with E-state index >= 15 is 0 Å². The highest BCUT2D eigenvalue weighted by Crippen LogP contribution is 2.34. The Balaban J connectivity index is 1.99. The lowest BCUT2D eigenvalue weighted by atomic mass is 10.0. The van der Waals surface area contributed by atoms with Crippen LogP contribution in [0.5, 0.6) is 0 Å². The van der Waals surface area contributed by atoms with Gasteiger partial charge < -0.3 is 10.2 Å². The van der Waals surface area contributed by atoms with Crippen molar-refractivity contribution in [3.8, 4) is 0 Å². The van der Waals surface area contributed by atoms with E-state index in [2.05, 4.69) is 6.92 Å². The van der Waals surface area contributed by atoms with Gasteiger partial charge in [0.25, 0.3) is 0 Å². The minimum atomic E-state index is -0.468. The van der Waals surface area contributed by atoms with Crippen molar-refractivity contribution in [2.45, 2.75) is 64.1 Å². The molecule has 0 heterocycles. The maximum absolute atomic E-state index is 9.58. The smallest absolute Gasteiger partial charge is 0.0827 e. The molecule has 0 aromatic rings. The zero-order valence-corrected chi connectivity index (χ0v) is 8.58. The average molecular weight is 186 g/mol. The van der Waals surface area contributed by atoms with Crippen LogP contribution in [-0.4, -0.2) is 22.4 Å². The van der Waals surface area contributed by atoms with E-state index in [0.29, 0.717) is 5.92 Å². The van der Waals surface area contributed by atoms with Crippen molar-refractivity contribution in [1.29, 1.82) is 0 Å². The zero-order chi connectivity index (χ0) is 9.68. The van der Waals surface area contributed by atoms with E-state index < -0.39 is 12.2 Å². The molecule has 2 nitrogen and oxygen atoms in total. The van der Waals surface area contributed by atoms with Gasteiger partial charge in [-0.3, -0.25) is 0 Å². The van der Waals surface area contributed by atoms with Crippen LogP contribution in [0, 0.1) is 5.92 Å². The van der Waals surface area contributed by atoms with Gasteiger partial charge in [-0.25, -0.2) is 0 Å². The van der Waals surface area contributed by atoms with Crippen LogP contribution in [0.15, 0.2) is 0 Å². The molecule has 1 aliphatic rings. The van der Waals surface area contributed by atoms with E-state index in [0.717, 1.165) is 25.7 Å². The molecule has 2 heteroatoms. The summed E-state index contributed by atoms with van der Waals surface area (Å²) in [6.45, 7) is 2.18. The lowest BCUT2D eigenvalue weighted by Gasteiger charge is -2.16. The molecule has 2 N–H and O–H groups in total. The molecule has 13 heavy (non-hydrogen) atoms. The quantitative estimate of drug-likeness (QED) is 0.598. The summed E-state index contributed by atoms with van der Waals surface area (Å²) < 4.78 is 0. The zero-order valence-electron chi connectivity index (χ0n) is 8.58. The van der Waals surface area contributed by atoms with Gasteiger partial charge in [0.05, 0.1) is 12.2 Å². The SMILES string of the molecule is CCCCCCC(O)C(O)C1CC1. The maximum Gasteiger partial charge on any atom is 0.0827 e. The predicted molar refractivity (Wildman–Crippen MR) is 53.5 cm³/mol. The summed E-state index contributed by atoms with van der Waals surface area (Å²) in [4.78, 5) is 0. The lowest BCUT2D eigenvalue weighted by molar-refractivity contribution is 0.000328. The predicted octanol–water partition coefficient (Wildman–Crippen LogP) is 2.09. The third-order valence-electron chi connectivity index (χ3n) is 2.85. The summed E-state index contributed by atoms with van der Waals surface area (Å²) in [5, 5.41) is 19.1. The molecule has 1 fully saturated rings. The van der Waals surface area contributed by atoms with E-state index in [9.17, 15) is 10.2 Å². The number of aliphatic hydroxyl groups excluding tert-OH is 2. The summed E-state index contributed by atoms with van der Waals surface area (Å²) in [5.74, 6) is 0.404. The Morgan fingerprint density at radius 3 is 2.38 bits per heavy atom. The van der Waals surface area contributed by atoms with Crippen LogP contribution in [-0.2, 0) is 0 Å². The first-order chi connectivity index (χ1) is 6.25. The monoisotopic (exact) mass is 186 g/mol. The van der Waals surface area contributed by atoms with Crippen LogP contribution in [0.2, 0.25) is 0 Å². The van der Waals surface area contributed by atoms with Crippen molar-refractivity contribution < 1.29 is 10.2 Å². The third kappa shape index (κ3) is 4.10. The van der Waals surface area contributed by atoms with Gasteiger partial charge >= 0.3 is 0 Å². The Morgan fingerprint density at radius 2 is 1.85 bits per heavy atom. The minimum Gasteiger partial charge on any atom is -0.390 e. The Hall–Kier alpha value is -0.0800. The van der Waals surface area contributed by atoms with Crippen molar-refractivity contribution >= 4 is 0 Å². The van der Waals surface area contributed by atoms with Crippen LogP contribution in [0.4, 0.5) is 0 Å². The van der Waals surface area contributed by atoms with E-state index in [-0.39, 0.29) is 0 Å². The van der Waals surface area contributed by atoms with Crippen molar-refractivity contribution in [2.75, 3.05) is 0 Å². The molecule has 1 saturated carbocycles. The maximum atomic E-state index is 9.58. The minimum absolute atomic E-state index is 0.404. The van der Waals surface area contributed by atoms with Crippen LogP contribution in [0.1, 0.15) is 51.9 Å². The summed E-state index contributed by atoms with van der Waals surface area (Å²) in [6, 6.07) is 0. The second kappa shape index (κ2) is 5.61. The van der Waals surface area contributed by atoms with E-state index in [1.54, 1.807) is 0 Å². The molecule has 78 valence electrons.